The molecule has 0 radical (unpaired) electrons. The number of carbonyl (C=O) groups is 2. The fraction of sp³-hybridized carbons (Fsp3) is 0.529. The number of nitrogens with one attached hydrogen (secondary N) is 1. The van der Waals surface area contributed by atoms with Crippen LogP contribution < -0.4 is 14.8 Å². The van der Waals surface area contributed by atoms with Crippen LogP contribution in [-0.2, 0) is 14.3 Å². The van der Waals surface area contributed by atoms with E-state index in [1.807, 2.05) is 6.07 Å². The molecule has 0 aromatic heterocycles. The second-order valence-corrected chi connectivity index (χ2v) is 5.83. The third-order valence-electron chi connectivity index (χ3n) is 4.17. The molecule has 0 saturated heterocycles. The van der Waals surface area contributed by atoms with Crippen LogP contribution in [0.4, 0.5) is 0 Å². The number of hydrogen-bond acceptors (Lipinski definition) is 5. The van der Waals surface area contributed by atoms with Gasteiger partial charge in [-0.05, 0) is 37.5 Å². The number of rotatable bonds is 9. The molecular weight excluding hydrogens is 314 g/mol. The summed E-state index contributed by atoms with van der Waals surface area (Å²) in [4.78, 5) is 23.4. The molecule has 132 valence electrons. The molecule has 1 aliphatic rings. The van der Waals surface area contributed by atoms with E-state index in [-0.39, 0.29) is 6.04 Å². The Balaban J connectivity index is 2.05. The highest BCUT2D eigenvalue weighted by atomic mass is 16.5. The summed E-state index contributed by atoms with van der Waals surface area (Å²) in [5, 5.41) is 11.9. The number of carbonyl (C=O) groups excluding carboxylic acids is 1. The fourth-order valence-electron chi connectivity index (χ4n) is 2.39. The highest BCUT2D eigenvalue weighted by Gasteiger charge is 2.57. The molecule has 1 saturated carbocycles. The Morgan fingerprint density at radius 3 is 2.50 bits per heavy atom. The van der Waals surface area contributed by atoms with Crippen LogP contribution in [0, 0.1) is 5.41 Å². The maximum atomic E-state index is 12.2. The van der Waals surface area contributed by atoms with Gasteiger partial charge in [0.1, 0.15) is 12.0 Å². The van der Waals surface area contributed by atoms with Gasteiger partial charge in [0.25, 0.3) is 0 Å². The van der Waals surface area contributed by atoms with Crippen LogP contribution in [0.1, 0.15) is 31.4 Å². The summed E-state index contributed by atoms with van der Waals surface area (Å²) in [6.07, 6.45) is 0.771. The van der Waals surface area contributed by atoms with Crippen LogP contribution in [0.25, 0.3) is 0 Å². The van der Waals surface area contributed by atoms with Crippen molar-refractivity contribution >= 4 is 11.9 Å². The lowest BCUT2D eigenvalue weighted by Gasteiger charge is -2.19. The largest absolute Gasteiger partial charge is 0.493 e. The Kier molecular flexibility index (Phi) is 5.66. The second-order valence-electron chi connectivity index (χ2n) is 5.83. The Bertz CT molecular complexity index is 611. The predicted octanol–water partition coefficient (Wildman–Crippen LogP) is 1.76. The monoisotopic (exact) mass is 337 g/mol. The summed E-state index contributed by atoms with van der Waals surface area (Å²) in [6.45, 7) is 2.67. The van der Waals surface area contributed by atoms with E-state index < -0.39 is 17.3 Å². The molecule has 1 amide bonds. The number of amides is 1. The Morgan fingerprint density at radius 1 is 1.25 bits per heavy atom. The standard InChI is InChI=1S/C17H23NO6/c1-11(18-15(19)17(6-7-17)16(20)21)12-4-5-13(14(10-12)23-3)24-9-8-22-2/h4-5,10-11H,6-9H2,1-3H3,(H,18,19)(H,20,21). The molecule has 1 unspecified atom stereocenters. The number of methoxy groups -OCH3 is 2. The van der Waals surface area contributed by atoms with E-state index in [2.05, 4.69) is 5.32 Å². The van der Waals surface area contributed by atoms with Crippen molar-refractivity contribution in [3.63, 3.8) is 0 Å². The van der Waals surface area contributed by atoms with Crippen LogP contribution in [0.2, 0.25) is 0 Å². The molecule has 0 heterocycles. The minimum Gasteiger partial charge on any atom is -0.493 e. The van der Waals surface area contributed by atoms with Gasteiger partial charge in [-0.1, -0.05) is 6.07 Å². The average Bonchev–Trinajstić information content (AvgIpc) is 3.37. The maximum Gasteiger partial charge on any atom is 0.319 e. The number of hydrogen-bond donors (Lipinski definition) is 2. The van der Waals surface area contributed by atoms with Gasteiger partial charge in [-0.3, -0.25) is 9.59 Å². The van der Waals surface area contributed by atoms with Gasteiger partial charge in [-0.2, -0.15) is 0 Å². The molecule has 1 fully saturated rings. The van der Waals surface area contributed by atoms with Crippen molar-refractivity contribution in [1.82, 2.24) is 5.32 Å². The van der Waals surface area contributed by atoms with E-state index in [4.69, 9.17) is 14.2 Å². The van der Waals surface area contributed by atoms with Gasteiger partial charge in [0.05, 0.1) is 19.8 Å². The van der Waals surface area contributed by atoms with Gasteiger partial charge in [0, 0.05) is 7.11 Å². The fourth-order valence-corrected chi connectivity index (χ4v) is 2.39. The number of aliphatic carboxylic acids is 1. The molecule has 1 aromatic carbocycles. The summed E-state index contributed by atoms with van der Waals surface area (Å²) in [5.41, 5.74) is -0.442. The molecule has 0 aliphatic heterocycles. The second kappa shape index (κ2) is 7.53. The molecule has 0 spiro atoms. The first-order valence-electron chi connectivity index (χ1n) is 7.78. The first-order chi connectivity index (χ1) is 11.4. The molecular formula is C17H23NO6. The van der Waals surface area contributed by atoms with Crippen LogP contribution in [0.5, 0.6) is 11.5 Å². The third kappa shape index (κ3) is 3.79. The van der Waals surface area contributed by atoms with Gasteiger partial charge in [-0.15, -0.1) is 0 Å². The van der Waals surface area contributed by atoms with E-state index in [9.17, 15) is 14.7 Å². The molecule has 0 bridgehead atoms. The van der Waals surface area contributed by atoms with Gasteiger partial charge < -0.3 is 24.6 Å². The zero-order valence-electron chi connectivity index (χ0n) is 14.1. The van der Waals surface area contributed by atoms with Crippen molar-refractivity contribution in [1.29, 1.82) is 0 Å². The van der Waals surface area contributed by atoms with Crippen LogP contribution >= 0.6 is 0 Å². The summed E-state index contributed by atoms with van der Waals surface area (Å²) in [5.74, 6) is -0.376. The summed E-state index contributed by atoms with van der Waals surface area (Å²) in [7, 11) is 3.13. The average molecular weight is 337 g/mol. The summed E-state index contributed by atoms with van der Waals surface area (Å²) in [6, 6.07) is 5.01. The van der Waals surface area contributed by atoms with Crippen LogP contribution in [-0.4, -0.2) is 44.4 Å². The molecule has 1 atom stereocenters. The van der Waals surface area contributed by atoms with Crippen molar-refractivity contribution in [2.24, 2.45) is 5.41 Å². The first-order valence-corrected chi connectivity index (χ1v) is 7.78. The van der Waals surface area contributed by atoms with E-state index >= 15 is 0 Å². The van der Waals surface area contributed by atoms with Gasteiger partial charge in [0.2, 0.25) is 5.91 Å². The first kappa shape index (κ1) is 18.1. The highest BCUT2D eigenvalue weighted by molar-refractivity contribution is 6.04. The summed E-state index contributed by atoms with van der Waals surface area (Å²) >= 11 is 0. The van der Waals surface area contributed by atoms with Crippen molar-refractivity contribution in [2.75, 3.05) is 27.4 Å². The lowest BCUT2D eigenvalue weighted by atomic mass is 10.0. The molecule has 2 rings (SSSR count). The Morgan fingerprint density at radius 2 is 1.96 bits per heavy atom. The number of carboxylic acids is 1. The van der Waals surface area contributed by atoms with Gasteiger partial charge >= 0.3 is 5.97 Å². The van der Waals surface area contributed by atoms with Crippen molar-refractivity contribution in [3.8, 4) is 11.5 Å². The minimum absolute atomic E-state index is 0.337. The zero-order chi connectivity index (χ0) is 17.7. The van der Waals surface area contributed by atoms with E-state index in [0.29, 0.717) is 37.6 Å². The normalized spacial score (nSPS) is 16.1. The topological polar surface area (TPSA) is 94.1 Å². The molecule has 1 aliphatic carbocycles. The Hall–Kier alpha value is -2.28. The molecule has 7 nitrogen and oxygen atoms in total. The number of benzene rings is 1. The molecule has 7 heteroatoms. The predicted molar refractivity (Wildman–Crippen MR) is 86.2 cm³/mol. The van der Waals surface area contributed by atoms with Crippen molar-refractivity contribution < 1.29 is 28.9 Å². The maximum absolute atomic E-state index is 12.2. The lowest BCUT2D eigenvalue weighted by Crippen LogP contribution is -2.38. The molecule has 24 heavy (non-hydrogen) atoms. The lowest BCUT2D eigenvalue weighted by molar-refractivity contribution is -0.149. The SMILES string of the molecule is COCCOc1ccc(C(C)NC(=O)C2(C(=O)O)CC2)cc1OC. The van der Waals surface area contributed by atoms with Gasteiger partial charge in [-0.25, -0.2) is 0 Å². The van der Waals surface area contributed by atoms with E-state index in [0.717, 1.165) is 5.56 Å². The van der Waals surface area contributed by atoms with Crippen LogP contribution in [0.15, 0.2) is 18.2 Å². The third-order valence-corrected chi connectivity index (χ3v) is 4.17. The summed E-state index contributed by atoms with van der Waals surface area (Å²) < 4.78 is 15.8. The van der Waals surface area contributed by atoms with Crippen molar-refractivity contribution in [2.45, 2.75) is 25.8 Å². The molecule has 2 N–H and O–H groups in total. The smallest absolute Gasteiger partial charge is 0.319 e. The minimum atomic E-state index is -1.25. The van der Waals surface area contributed by atoms with E-state index in [1.165, 1.54) is 7.11 Å². The van der Waals surface area contributed by atoms with Crippen LogP contribution in [0.3, 0.4) is 0 Å². The zero-order valence-corrected chi connectivity index (χ0v) is 14.1. The Labute approximate surface area is 140 Å². The quantitative estimate of drug-likeness (QED) is 0.527. The highest BCUT2D eigenvalue weighted by Crippen LogP contribution is 2.46. The van der Waals surface area contributed by atoms with Crippen molar-refractivity contribution in [3.05, 3.63) is 23.8 Å². The number of ether oxygens (including phenoxy) is 3. The van der Waals surface area contributed by atoms with Gasteiger partial charge in [0.15, 0.2) is 11.5 Å². The number of carboxylic acid groups (broad SMARTS) is 1. The molecule has 1 aromatic rings. The van der Waals surface area contributed by atoms with E-state index in [1.54, 1.807) is 26.2 Å².